The second-order valence-electron chi connectivity index (χ2n) is 4.40. The molecule has 0 spiro atoms. The van der Waals surface area contributed by atoms with E-state index >= 15 is 0 Å². The molecule has 19 heavy (non-hydrogen) atoms. The average molecular weight is 268 g/mol. The van der Waals surface area contributed by atoms with Crippen molar-refractivity contribution < 1.29 is 13.9 Å². The third-order valence-corrected chi connectivity index (χ3v) is 2.95. The SMILES string of the molecule is COCC(=O)NCC[C@H](CCN)c1ccc(F)cc1. The number of halogens is 1. The largest absolute Gasteiger partial charge is 0.375 e. The maximum atomic E-state index is 12.9. The topological polar surface area (TPSA) is 64.3 Å². The highest BCUT2D eigenvalue weighted by Gasteiger charge is 2.11. The highest BCUT2D eigenvalue weighted by Crippen LogP contribution is 2.22. The van der Waals surface area contributed by atoms with E-state index in [0.717, 1.165) is 18.4 Å². The minimum absolute atomic E-state index is 0.0676. The van der Waals surface area contributed by atoms with Gasteiger partial charge in [-0.2, -0.15) is 0 Å². The van der Waals surface area contributed by atoms with E-state index in [-0.39, 0.29) is 24.2 Å². The first kappa shape index (κ1) is 15.6. The molecule has 1 amide bonds. The summed E-state index contributed by atoms with van der Waals surface area (Å²) in [5.74, 6) is -0.148. The van der Waals surface area contributed by atoms with Gasteiger partial charge in [0.1, 0.15) is 12.4 Å². The number of benzene rings is 1. The number of hydrogen-bond donors (Lipinski definition) is 2. The fourth-order valence-electron chi connectivity index (χ4n) is 1.98. The van der Waals surface area contributed by atoms with Gasteiger partial charge in [0, 0.05) is 13.7 Å². The summed E-state index contributed by atoms with van der Waals surface area (Å²) in [7, 11) is 1.48. The van der Waals surface area contributed by atoms with Crippen molar-refractivity contribution in [1.82, 2.24) is 5.32 Å². The molecule has 4 nitrogen and oxygen atoms in total. The number of ether oxygens (including phenoxy) is 1. The number of nitrogens with two attached hydrogens (primary N) is 1. The van der Waals surface area contributed by atoms with Crippen molar-refractivity contribution in [3.63, 3.8) is 0 Å². The zero-order valence-corrected chi connectivity index (χ0v) is 11.2. The summed E-state index contributed by atoms with van der Waals surface area (Å²) in [6.07, 6.45) is 1.59. The second-order valence-corrected chi connectivity index (χ2v) is 4.40. The van der Waals surface area contributed by atoms with Crippen LogP contribution in [0.15, 0.2) is 24.3 Å². The van der Waals surface area contributed by atoms with Crippen molar-refractivity contribution in [3.05, 3.63) is 35.6 Å². The van der Waals surface area contributed by atoms with Gasteiger partial charge >= 0.3 is 0 Å². The van der Waals surface area contributed by atoms with Crippen LogP contribution < -0.4 is 11.1 Å². The van der Waals surface area contributed by atoms with E-state index in [4.69, 9.17) is 10.5 Å². The van der Waals surface area contributed by atoms with Crippen LogP contribution in [0, 0.1) is 5.82 Å². The van der Waals surface area contributed by atoms with Crippen LogP contribution in [0.3, 0.4) is 0 Å². The molecule has 0 fully saturated rings. The van der Waals surface area contributed by atoms with E-state index in [0.29, 0.717) is 13.1 Å². The Morgan fingerprint density at radius 1 is 1.37 bits per heavy atom. The van der Waals surface area contributed by atoms with Gasteiger partial charge in [-0.25, -0.2) is 4.39 Å². The predicted molar refractivity (Wildman–Crippen MR) is 72.3 cm³/mol. The number of rotatable bonds is 8. The van der Waals surface area contributed by atoms with Crippen LogP contribution in [-0.4, -0.2) is 32.7 Å². The zero-order valence-electron chi connectivity index (χ0n) is 11.2. The number of carbonyl (C=O) groups is 1. The lowest BCUT2D eigenvalue weighted by atomic mass is 9.92. The number of carbonyl (C=O) groups excluding carboxylic acids is 1. The molecular weight excluding hydrogens is 247 g/mol. The number of methoxy groups -OCH3 is 1. The summed E-state index contributed by atoms with van der Waals surface area (Å²) in [5, 5.41) is 2.77. The molecule has 106 valence electrons. The molecule has 0 saturated carbocycles. The van der Waals surface area contributed by atoms with E-state index in [9.17, 15) is 9.18 Å². The van der Waals surface area contributed by atoms with Gasteiger partial charge in [-0.1, -0.05) is 12.1 Å². The van der Waals surface area contributed by atoms with Crippen molar-refractivity contribution in [3.8, 4) is 0 Å². The minimum Gasteiger partial charge on any atom is -0.375 e. The van der Waals surface area contributed by atoms with Crippen molar-refractivity contribution >= 4 is 5.91 Å². The molecule has 0 radical (unpaired) electrons. The molecule has 0 bridgehead atoms. The average Bonchev–Trinajstić information content (AvgIpc) is 2.39. The zero-order chi connectivity index (χ0) is 14.1. The molecule has 0 heterocycles. The van der Waals surface area contributed by atoms with Crippen molar-refractivity contribution in [2.45, 2.75) is 18.8 Å². The van der Waals surface area contributed by atoms with E-state index in [1.54, 1.807) is 12.1 Å². The molecule has 0 unspecified atom stereocenters. The Morgan fingerprint density at radius 3 is 2.63 bits per heavy atom. The van der Waals surface area contributed by atoms with Gasteiger partial charge in [-0.05, 0) is 43.0 Å². The summed E-state index contributed by atoms with van der Waals surface area (Å²) in [4.78, 5) is 11.3. The number of amides is 1. The van der Waals surface area contributed by atoms with Gasteiger partial charge in [0.05, 0.1) is 0 Å². The molecule has 5 heteroatoms. The van der Waals surface area contributed by atoms with Crippen molar-refractivity contribution in [2.24, 2.45) is 5.73 Å². The third kappa shape index (κ3) is 5.81. The fraction of sp³-hybridized carbons (Fsp3) is 0.500. The molecule has 1 atom stereocenters. The highest BCUT2D eigenvalue weighted by molar-refractivity contribution is 5.77. The predicted octanol–water partition coefficient (Wildman–Crippen LogP) is 1.41. The van der Waals surface area contributed by atoms with Crippen LogP contribution in [0.2, 0.25) is 0 Å². The first-order valence-electron chi connectivity index (χ1n) is 6.38. The molecule has 1 rings (SSSR count). The highest BCUT2D eigenvalue weighted by atomic mass is 19.1. The normalized spacial score (nSPS) is 12.2. The van der Waals surface area contributed by atoms with Gasteiger partial charge < -0.3 is 15.8 Å². The van der Waals surface area contributed by atoms with Gasteiger partial charge in [0.2, 0.25) is 5.91 Å². The minimum atomic E-state index is -0.247. The molecule has 0 aromatic heterocycles. The summed E-state index contributed by atoms with van der Waals surface area (Å²) < 4.78 is 17.6. The molecule has 0 aliphatic carbocycles. The molecule has 3 N–H and O–H groups in total. The van der Waals surface area contributed by atoms with Crippen LogP contribution in [0.1, 0.15) is 24.3 Å². The lowest BCUT2D eigenvalue weighted by Gasteiger charge is -2.17. The molecule has 1 aromatic rings. The number of hydrogen-bond acceptors (Lipinski definition) is 3. The van der Waals surface area contributed by atoms with Gasteiger partial charge in [0.25, 0.3) is 0 Å². The molecule has 0 aliphatic rings. The van der Waals surface area contributed by atoms with E-state index in [1.165, 1.54) is 19.2 Å². The summed E-state index contributed by atoms with van der Waals surface area (Å²) in [6.45, 7) is 1.19. The Kier molecular flexibility index (Phi) is 7.07. The maximum Gasteiger partial charge on any atom is 0.245 e. The van der Waals surface area contributed by atoms with Crippen molar-refractivity contribution in [1.29, 1.82) is 0 Å². The monoisotopic (exact) mass is 268 g/mol. The standard InChI is InChI=1S/C14H21FN2O2/c1-19-10-14(18)17-9-7-12(6-8-16)11-2-4-13(15)5-3-11/h2-5,12H,6-10,16H2,1H3,(H,17,18)/t12-/m0/s1. The smallest absolute Gasteiger partial charge is 0.245 e. The summed E-state index contributed by atoms with van der Waals surface area (Å²) in [5.41, 5.74) is 6.64. The van der Waals surface area contributed by atoms with Crippen LogP contribution in [-0.2, 0) is 9.53 Å². The Balaban J connectivity index is 2.48. The molecule has 0 saturated heterocycles. The lowest BCUT2D eigenvalue weighted by Crippen LogP contribution is -2.29. The Hall–Kier alpha value is -1.46. The lowest BCUT2D eigenvalue weighted by molar-refractivity contribution is -0.124. The van der Waals surface area contributed by atoms with Crippen LogP contribution in [0.4, 0.5) is 4.39 Å². The molecular formula is C14H21FN2O2. The van der Waals surface area contributed by atoms with Gasteiger partial charge in [-0.15, -0.1) is 0 Å². The second kappa shape index (κ2) is 8.61. The van der Waals surface area contributed by atoms with Gasteiger partial charge in [0.15, 0.2) is 0 Å². The quantitative estimate of drug-likeness (QED) is 0.749. The molecule has 0 aliphatic heterocycles. The van der Waals surface area contributed by atoms with Crippen LogP contribution in [0.5, 0.6) is 0 Å². The summed E-state index contributed by atoms with van der Waals surface area (Å²) >= 11 is 0. The Morgan fingerprint density at radius 2 is 2.05 bits per heavy atom. The Bertz CT molecular complexity index is 382. The van der Waals surface area contributed by atoms with E-state index in [2.05, 4.69) is 5.32 Å². The van der Waals surface area contributed by atoms with Crippen molar-refractivity contribution in [2.75, 3.05) is 26.8 Å². The van der Waals surface area contributed by atoms with E-state index in [1.807, 2.05) is 0 Å². The van der Waals surface area contributed by atoms with E-state index < -0.39 is 0 Å². The fourth-order valence-corrected chi connectivity index (χ4v) is 1.98. The maximum absolute atomic E-state index is 12.9. The Labute approximate surface area is 113 Å². The first-order chi connectivity index (χ1) is 9.17. The summed E-state index contributed by atoms with van der Waals surface area (Å²) in [6, 6.07) is 6.43. The van der Waals surface area contributed by atoms with Crippen LogP contribution in [0.25, 0.3) is 0 Å². The van der Waals surface area contributed by atoms with Crippen LogP contribution >= 0.6 is 0 Å². The third-order valence-electron chi connectivity index (χ3n) is 2.95. The molecule has 1 aromatic carbocycles. The van der Waals surface area contributed by atoms with Gasteiger partial charge in [-0.3, -0.25) is 4.79 Å². The first-order valence-corrected chi connectivity index (χ1v) is 6.38. The number of nitrogens with one attached hydrogen (secondary N) is 1.